The summed E-state index contributed by atoms with van der Waals surface area (Å²) in [6.07, 6.45) is 9.67. The summed E-state index contributed by atoms with van der Waals surface area (Å²) in [7, 11) is 0. The van der Waals surface area contributed by atoms with Gasteiger partial charge in [0.2, 0.25) is 0 Å². The van der Waals surface area contributed by atoms with E-state index in [1.807, 2.05) is 0 Å². The van der Waals surface area contributed by atoms with Crippen molar-refractivity contribution in [1.82, 2.24) is 5.32 Å². The van der Waals surface area contributed by atoms with Gasteiger partial charge in [-0.15, -0.1) is 0 Å². The van der Waals surface area contributed by atoms with Crippen LogP contribution in [-0.2, 0) is 4.74 Å². The molecule has 2 rings (SSSR count). The molecule has 100 valence electrons. The largest absolute Gasteiger partial charge is 0.381 e. The Morgan fingerprint density at radius 1 is 1.18 bits per heavy atom. The van der Waals surface area contributed by atoms with E-state index in [2.05, 4.69) is 19.2 Å². The van der Waals surface area contributed by atoms with Crippen LogP contribution in [0, 0.1) is 11.3 Å². The average Bonchev–Trinajstić information content (AvgIpc) is 2.38. The normalized spacial score (nSPS) is 27.9. The van der Waals surface area contributed by atoms with Crippen LogP contribution in [0.1, 0.15) is 58.8 Å². The molecule has 0 spiro atoms. The van der Waals surface area contributed by atoms with Gasteiger partial charge in [-0.2, -0.15) is 0 Å². The molecule has 2 heteroatoms. The molecule has 0 aromatic carbocycles. The highest BCUT2D eigenvalue weighted by molar-refractivity contribution is 4.83. The third-order valence-electron chi connectivity index (χ3n) is 4.91. The molecule has 2 aliphatic rings. The summed E-state index contributed by atoms with van der Waals surface area (Å²) < 4.78 is 5.46. The van der Waals surface area contributed by atoms with Gasteiger partial charge in [0.25, 0.3) is 0 Å². The summed E-state index contributed by atoms with van der Waals surface area (Å²) in [5, 5.41) is 3.81. The van der Waals surface area contributed by atoms with Crippen molar-refractivity contribution in [2.24, 2.45) is 11.3 Å². The van der Waals surface area contributed by atoms with Gasteiger partial charge in [-0.25, -0.2) is 0 Å². The maximum Gasteiger partial charge on any atom is 0.0471 e. The lowest BCUT2D eigenvalue weighted by molar-refractivity contribution is 0.0219. The van der Waals surface area contributed by atoms with Crippen LogP contribution >= 0.6 is 0 Å². The zero-order valence-electron chi connectivity index (χ0n) is 11.6. The SMILES string of the molecule is CC(NCC1(C)CCOCC1)C1CCCCC1. The Kier molecular flexibility index (Phi) is 4.87. The summed E-state index contributed by atoms with van der Waals surface area (Å²) in [4.78, 5) is 0. The molecule has 0 bridgehead atoms. The minimum Gasteiger partial charge on any atom is -0.381 e. The Bertz CT molecular complexity index is 217. The van der Waals surface area contributed by atoms with E-state index in [4.69, 9.17) is 4.74 Å². The molecule has 1 aliphatic carbocycles. The van der Waals surface area contributed by atoms with Crippen LogP contribution in [0.5, 0.6) is 0 Å². The van der Waals surface area contributed by atoms with E-state index in [9.17, 15) is 0 Å². The van der Waals surface area contributed by atoms with Gasteiger partial charge < -0.3 is 10.1 Å². The number of hydrogen-bond donors (Lipinski definition) is 1. The summed E-state index contributed by atoms with van der Waals surface area (Å²) in [6, 6.07) is 0.704. The predicted octanol–water partition coefficient (Wildman–Crippen LogP) is 3.36. The first-order chi connectivity index (χ1) is 8.20. The molecule has 1 atom stereocenters. The van der Waals surface area contributed by atoms with Crippen molar-refractivity contribution in [3.8, 4) is 0 Å². The van der Waals surface area contributed by atoms with E-state index in [1.54, 1.807) is 0 Å². The molecule has 1 N–H and O–H groups in total. The maximum absolute atomic E-state index is 5.46. The van der Waals surface area contributed by atoms with Crippen molar-refractivity contribution in [2.45, 2.75) is 64.8 Å². The topological polar surface area (TPSA) is 21.3 Å². The highest BCUT2D eigenvalue weighted by Gasteiger charge is 2.28. The summed E-state index contributed by atoms with van der Waals surface area (Å²) in [5.74, 6) is 0.923. The molecule has 2 nitrogen and oxygen atoms in total. The lowest BCUT2D eigenvalue weighted by atomic mass is 9.80. The average molecular weight is 239 g/mol. The lowest BCUT2D eigenvalue weighted by Crippen LogP contribution is -2.43. The minimum absolute atomic E-state index is 0.473. The third-order valence-corrected chi connectivity index (χ3v) is 4.91. The van der Waals surface area contributed by atoms with E-state index < -0.39 is 0 Å². The number of ether oxygens (including phenoxy) is 1. The van der Waals surface area contributed by atoms with Crippen molar-refractivity contribution in [2.75, 3.05) is 19.8 Å². The molecular weight excluding hydrogens is 210 g/mol. The molecule has 2 fully saturated rings. The summed E-state index contributed by atoms with van der Waals surface area (Å²) >= 11 is 0. The monoisotopic (exact) mass is 239 g/mol. The zero-order valence-corrected chi connectivity index (χ0v) is 11.6. The van der Waals surface area contributed by atoms with E-state index in [1.165, 1.54) is 51.5 Å². The predicted molar refractivity (Wildman–Crippen MR) is 72.2 cm³/mol. The van der Waals surface area contributed by atoms with Crippen molar-refractivity contribution in [3.05, 3.63) is 0 Å². The van der Waals surface area contributed by atoms with Gasteiger partial charge in [0.1, 0.15) is 0 Å². The van der Waals surface area contributed by atoms with Crippen LogP contribution in [0.4, 0.5) is 0 Å². The van der Waals surface area contributed by atoms with Crippen molar-refractivity contribution < 1.29 is 4.74 Å². The third kappa shape index (κ3) is 3.96. The van der Waals surface area contributed by atoms with Crippen molar-refractivity contribution in [1.29, 1.82) is 0 Å². The molecular formula is C15H29NO. The molecule has 0 aromatic heterocycles. The van der Waals surface area contributed by atoms with Gasteiger partial charge in [-0.1, -0.05) is 26.2 Å². The van der Waals surface area contributed by atoms with Gasteiger partial charge in [-0.3, -0.25) is 0 Å². The first kappa shape index (κ1) is 13.4. The summed E-state index contributed by atoms with van der Waals surface area (Å²) in [6.45, 7) is 7.88. The highest BCUT2D eigenvalue weighted by Crippen LogP contribution is 2.30. The van der Waals surface area contributed by atoms with Crippen molar-refractivity contribution >= 4 is 0 Å². The van der Waals surface area contributed by atoms with Crippen molar-refractivity contribution in [3.63, 3.8) is 0 Å². The maximum atomic E-state index is 5.46. The van der Waals surface area contributed by atoms with Crippen LogP contribution in [0.3, 0.4) is 0 Å². The van der Waals surface area contributed by atoms with Crippen LogP contribution < -0.4 is 5.32 Å². The molecule has 0 radical (unpaired) electrons. The van der Waals surface area contributed by atoms with E-state index in [0.29, 0.717) is 11.5 Å². The number of nitrogens with one attached hydrogen (secondary N) is 1. The Hall–Kier alpha value is -0.0800. The fraction of sp³-hybridized carbons (Fsp3) is 1.00. The molecule has 1 heterocycles. The standard InChI is InChI=1S/C15H29NO/c1-13(14-6-4-3-5-7-14)16-12-15(2)8-10-17-11-9-15/h13-14,16H,3-12H2,1-2H3. The second kappa shape index (κ2) is 6.19. The molecule has 0 amide bonds. The number of rotatable bonds is 4. The van der Waals surface area contributed by atoms with Gasteiger partial charge >= 0.3 is 0 Å². The lowest BCUT2D eigenvalue weighted by Gasteiger charge is -2.36. The molecule has 17 heavy (non-hydrogen) atoms. The highest BCUT2D eigenvalue weighted by atomic mass is 16.5. The second-order valence-electron chi connectivity index (χ2n) is 6.49. The molecule has 1 unspecified atom stereocenters. The van der Waals surface area contributed by atoms with Gasteiger partial charge in [0.05, 0.1) is 0 Å². The van der Waals surface area contributed by atoms with Crippen LogP contribution in [0.2, 0.25) is 0 Å². The van der Waals surface area contributed by atoms with Gasteiger partial charge in [-0.05, 0) is 43.9 Å². The smallest absolute Gasteiger partial charge is 0.0471 e. The van der Waals surface area contributed by atoms with Crippen LogP contribution in [-0.4, -0.2) is 25.8 Å². The zero-order chi connectivity index (χ0) is 12.1. The molecule has 1 saturated carbocycles. The summed E-state index contributed by atoms with van der Waals surface area (Å²) in [5.41, 5.74) is 0.473. The van der Waals surface area contributed by atoms with E-state index >= 15 is 0 Å². The van der Waals surface area contributed by atoms with E-state index in [-0.39, 0.29) is 0 Å². The molecule has 1 saturated heterocycles. The Labute approximate surface area is 107 Å². The van der Waals surface area contributed by atoms with Crippen LogP contribution in [0.25, 0.3) is 0 Å². The van der Waals surface area contributed by atoms with Gasteiger partial charge in [0, 0.05) is 25.8 Å². The minimum atomic E-state index is 0.473. The Morgan fingerprint density at radius 3 is 2.47 bits per heavy atom. The van der Waals surface area contributed by atoms with Crippen LogP contribution in [0.15, 0.2) is 0 Å². The second-order valence-corrected chi connectivity index (χ2v) is 6.49. The Morgan fingerprint density at radius 2 is 1.82 bits per heavy atom. The Balaban J connectivity index is 1.72. The first-order valence-corrected chi connectivity index (χ1v) is 7.51. The fourth-order valence-electron chi connectivity index (χ4n) is 3.25. The quantitative estimate of drug-likeness (QED) is 0.812. The fourth-order valence-corrected chi connectivity index (χ4v) is 3.25. The van der Waals surface area contributed by atoms with E-state index in [0.717, 1.165) is 19.1 Å². The first-order valence-electron chi connectivity index (χ1n) is 7.51. The number of hydrogen-bond acceptors (Lipinski definition) is 2. The molecule has 0 aromatic rings. The van der Waals surface area contributed by atoms with Gasteiger partial charge in [0.15, 0.2) is 0 Å². The molecule has 1 aliphatic heterocycles.